The van der Waals surface area contributed by atoms with Crippen molar-refractivity contribution in [2.75, 3.05) is 67.7 Å². The topological polar surface area (TPSA) is 97.6 Å². The van der Waals surface area contributed by atoms with Gasteiger partial charge in [-0.2, -0.15) is 0 Å². The summed E-state index contributed by atoms with van der Waals surface area (Å²) in [6.07, 6.45) is 3.42. The smallest absolute Gasteiger partial charge is 0.256 e. The fourth-order valence-corrected chi connectivity index (χ4v) is 7.65. The van der Waals surface area contributed by atoms with Crippen molar-refractivity contribution in [2.45, 2.75) is 13.8 Å². The number of halogens is 6. The summed E-state index contributed by atoms with van der Waals surface area (Å²) in [7, 11) is 0. The third kappa shape index (κ3) is 7.65. The largest absolute Gasteiger partial charge is 0.378 e. The van der Waals surface area contributed by atoms with E-state index in [9.17, 15) is 18.0 Å². The van der Waals surface area contributed by atoms with Gasteiger partial charge in [0.05, 0.1) is 71.5 Å². The van der Waals surface area contributed by atoms with Crippen LogP contribution in [0.4, 0.5) is 40.4 Å². The first-order chi connectivity index (χ1) is 26.0. The number of aromatic nitrogens is 4. The molecule has 1 N–H and O–H groups in total. The Kier molecular flexibility index (Phi) is 11.2. The molecule has 2 fully saturated rings. The molecular formula is C38H33Br2F4N7O3. The van der Waals surface area contributed by atoms with E-state index >= 15 is 4.39 Å². The molecule has 4 aromatic heterocycles. The maximum Gasteiger partial charge on any atom is 0.256 e. The fraction of sp³-hybridized carbons (Fsp3) is 0.263. The number of anilines is 4. The maximum absolute atomic E-state index is 15.4. The first-order valence-electron chi connectivity index (χ1n) is 17.0. The van der Waals surface area contributed by atoms with Gasteiger partial charge in [-0.25, -0.2) is 32.5 Å². The predicted molar refractivity (Wildman–Crippen MR) is 207 cm³/mol. The molecule has 0 atom stereocenters. The molecule has 0 bridgehead atoms. The molecule has 280 valence electrons. The molecule has 0 unspecified atom stereocenters. The lowest BCUT2D eigenvalue weighted by molar-refractivity contribution is 0.122. The van der Waals surface area contributed by atoms with Gasteiger partial charge in [-0.3, -0.25) is 9.36 Å². The van der Waals surface area contributed by atoms with Crippen molar-refractivity contribution >= 4 is 76.5 Å². The second kappa shape index (κ2) is 16.0. The normalized spacial score (nSPS) is 14.7. The highest BCUT2D eigenvalue weighted by molar-refractivity contribution is 9.11. The summed E-state index contributed by atoms with van der Waals surface area (Å²) in [6.45, 7) is 8.69. The van der Waals surface area contributed by atoms with Gasteiger partial charge in [-0.05, 0) is 63.4 Å². The summed E-state index contributed by atoms with van der Waals surface area (Å²) in [6, 6.07) is 10.8. The van der Waals surface area contributed by atoms with E-state index in [0.717, 1.165) is 36.5 Å². The molecule has 0 aliphatic carbocycles. The minimum absolute atomic E-state index is 0.0940. The Morgan fingerprint density at radius 2 is 1.35 bits per heavy atom. The number of rotatable bonds is 5. The van der Waals surface area contributed by atoms with Crippen LogP contribution >= 0.6 is 31.9 Å². The number of ether oxygens (including phenoxy) is 2. The molecule has 2 aromatic carbocycles. The SMILES string of the molecule is Cc1c(-n2ccccc2=O)nc2cc(F)cc(F)c2c1Nc1cc(N2CCOCC2)cnc1N1CCOCC1.Cc1c(Br)nc2cc(F)cc(F)c2c1Br. The van der Waals surface area contributed by atoms with Crippen LogP contribution in [0.1, 0.15) is 11.1 Å². The van der Waals surface area contributed by atoms with Crippen molar-refractivity contribution in [3.05, 3.63) is 115 Å². The standard InChI is InChI=1S/C28H28F2N6O3.C10H5Br2F2N/c1-18-26(25-21(30)14-19(29)15-22(25)33-27(18)36-5-3-2-4-24(36)37)32-23-16-20(34-6-10-38-11-7-34)17-31-28(23)35-8-12-39-13-9-35;1-4-9(11)8-6(14)2-5(13)3-7(8)15-10(4)12/h2-5,14-17H,6-13H2,1H3,(H,32,33);2-3H,1H3. The first-order valence-corrected chi connectivity index (χ1v) is 18.6. The van der Waals surface area contributed by atoms with E-state index in [1.54, 1.807) is 32.2 Å². The van der Waals surface area contributed by atoms with E-state index in [-0.39, 0.29) is 27.8 Å². The predicted octanol–water partition coefficient (Wildman–Crippen LogP) is 8.13. The highest BCUT2D eigenvalue weighted by atomic mass is 79.9. The van der Waals surface area contributed by atoms with Crippen molar-refractivity contribution in [2.24, 2.45) is 0 Å². The van der Waals surface area contributed by atoms with Gasteiger partial charge < -0.3 is 24.6 Å². The van der Waals surface area contributed by atoms with Gasteiger partial charge in [0.2, 0.25) is 0 Å². The van der Waals surface area contributed by atoms with Gasteiger partial charge in [0.1, 0.15) is 33.7 Å². The average Bonchev–Trinajstić information content (AvgIpc) is 3.15. The zero-order chi connectivity index (χ0) is 38.1. The summed E-state index contributed by atoms with van der Waals surface area (Å²) in [5.41, 5.74) is 3.35. The molecule has 16 heteroatoms. The van der Waals surface area contributed by atoms with Crippen LogP contribution in [-0.4, -0.2) is 72.1 Å². The van der Waals surface area contributed by atoms with E-state index in [1.165, 1.54) is 22.8 Å². The lowest BCUT2D eigenvalue weighted by Crippen LogP contribution is -2.38. The van der Waals surface area contributed by atoms with Crippen LogP contribution in [0.15, 0.2) is 74.8 Å². The summed E-state index contributed by atoms with van der Waals surface area (Å²) in [4.78, 5) is 30.4. The van der Waals surface area contributed by atoms with Crippen LogP contribution in [0.2, 0.25) is 0 Å². The van der Waals surface area contributed by atoms with E-state index < -0.39 is 23.3 Å². The Morgan fingerprint density at radius 3 is 2.00 bits per heavy atom. The van der Waals surface area contributed by atoms with Crippen molar-refractivity contribution in [1.29, 1.82) is 0 Å². The van der Waals surface area contributed by atoms with Gasteiger partial charge in [-0.1, -0.05) is 6.07 Å². The van der Waals surface area contributed by atoms with Gasteiger partial charge in [0.25, 0.3) is 5.56 Å². The van der Waals surface area contributed by atoms with E-state index in [0.29, 0.717) is 76.7 Å². The van der Waals surface area contributed by atoms with Gasteiger partial charge in [-0.15, -0.1) is 0 Å². The van der Waals surface area contributed by atoms with E-state index in [2.05, 4.69) is 56.9 Å². The maximum atomic E-state index is 15.4. The second-order valence-electron chi connectivity index (χ2n) is 12.6. The number of benzene rings is 2. The van der Waals surface area contributed by atoms with E-state index in [4.69, 9.17) is 14.5 Å². The average molecular weight is 872 g/mol. The first kappa shape index (κ1) is 37.7. The number of hydrogen-bond acceptors (Lipinski definition) is 9. The number of fused-ring (bicyclic) bond motifs is 2. The number of nitrogens with zero attached hydrogens (tertiary/aromatic N) is 6. The van der Waals surface area contributed by atoms with Gasteiger partial charge in [0, 0.05) is 72.7 Å². The van der Waals surface area contributed by atoms with Gasteiger partial charge >= 0.3 is 0 Å². The lowest BCUT2D eigenvalue weighted by atomic mass is 10.1. The number of hydrogen-bond donors (Lipinski definition) is 1. The number of pyridine rings is 4. The second-order valence-corrected chi connectivity index (χ2v) is 14.2. The molecule has 0 saturated carbocycles. The molecule has 2 saturated heterocycles. The van der Waals surface area contributed by atoms with Crippen molar-refractivity contribution < 1.29 is 27.0 Å². The van der Waals surface area contributed by atoms with Crippen LogP contribution in [0.25, 0.3) is 27.6 Å². The minimum Gasteiger partial charge on any atom is -0.378 e. The Balaban J connectivity index is 0.000000251. The molecule has 0 radical (unpaired) electrons. The zero-order valence-corrected chi connectivity index (χ0v) is 32.3. The summed E-state index contributed by atoms with van der Waals surface area (Å²) < 4.78 is 69.7. The molecule has 54 heavy (non-hydrogen) atoms. The molecule has 2 aliphatic rings. The van der Waals surface area contributed by atoms with Gasteiger partial charge in [0.15, 0.2) is 5.82 Å². The number of nitrogens with one attached hydrogen (secondary N) is 1. The van der Waals surface area contributed by atoms with Crippen LogP contribution in [0, 0.1) is 37.1 Å². The van der Waals surface area contributed by atoms with Crippen molar-refractivity contribution in [3.63, 3.8) is 0 Å². The van der Waals surface area contributed by atoms with E-state index in [1.807, 2.05) is 12.3 Å². The molecule has 0 spiro atoms. The summed E-state index contributed by atoms with van der Waals surface area (Å²) in [5.74, 6) is -1.76. The van der Waals surface area contributed by atoms with Crippen molar-refractivity contribution in [1.82, 2.24) is 19.5 Å². The molecule has 2 aliphatic heterocycles. The van der Waals surface area contributed by atoms with Crippen LogP contribution in [0.3, 0.4) is 0 Å². The molecule has 8 rings (SSSR count). The molecule has 10 nitrogen and oxygen atoms in total. The van der Waals surface area contributed by atoms with Crippen LogP contribution < -0.4 is 20.7 Å². The van der Waals surface area contributed by atoms with Crippen molar-refractivity contribution in [3.8, 4) is 5.82 Å². The summed E-state index contributed by atoms with van der Waals surface area (Å²) in [5, 5.41) is 3.86. The van der Waals surface area contributed by atoms with Crippen LogP contribution in [-0.2, 0) is 9.47 Å². The Labute approximate surface area is 324 Å². The number of morpholine rings is 2. The Hall–Kier alpha value is -4.64. The molecule has 6 heterocycles. The minimum atomic E-state index is -0.751. The third-order valence-electron chi connectivity index (χ3n) is 9.18. The third-order valence-corrected chi connectivity index (χ3v) is 10.9. The summed E-state index contributed by atoms with van der Waals surface area (Å²) >= 11 is 6.50. The zero-order valence-electron chi connectivity index (χ0n) is 29.1. The Morgan fingerprint density at radius 1 is 0.741 bits per heavy atom. The highest BCUT2D eigenvalue weighted by Crippen LogP contribution is 2.38. The highest BCUT2D eigenvalue weighted by Gasteiger charge is 2.23. The Bertz CT molecular complexity index is 2440. The quantitative estimate of drug-likeness (QED) is 0.136. The fourth-order valence-electron chi connectivity index (χ4n) is 6.41. The monoisotopic (exact) mass is 869 g/mol. The molecule has 0 amide bonds. The molecular weight excluding hydrogens is 838 g/mol. The molecule has 6 aromatic rings. The van der Waals surface area contributed by atoms with Crippen LogP contribution in [0.5, 0.6) is 0 Å². The lowest BCUT2D eigenvalue weighted by Gasteiger charge is -2.32.